The number of H-pyrrole nitrogens is 2. The molecule has 0 aliphatic rings. The lowest BCUT2D eigenvalue weighted by Crippen LogP contribution is -2.35. The largest absolute Gasteiger partial charge is 0.496 e. The molecule has 0 amide bonds. The van der Waals surface area contributed by atoms with Crippen LogP contribution in [0.3, 0.4) is 0 Å². The predicted molar refractivity (Wildman–Crippen MR) is 84.2 cm³/mol. The SMILES string of the molecule is COc1cc2[nH]c(=O)n(Cc3nn[nH]n3)c(=O)c2cc1-c1cnco1. The quantitative estimate of drug-likeness (QED) is 0.524. The van der Waals surface area contributed by atoms with Crippen molar-refractivity contribution < 1.29 is 9.15 Å². The highest BCUT2D eigenvalue weighted by atomic mass is 16.5. The summed E-state index contributed by atoms with van der Waals surface area (Å²) in [4.78, 5) is 31.5. The van der Waals surface area contributed by atoms with Crippen LogP contribution in [0.5, 0.6) is 5.75 Å². The van der Waals surface area contributed by atoms with E-state index in [0.29, 0.717) is 22.6 Å². The third-order valence-electron chi connectivity index (χ3n) is 3.69. The number of oxazole rings is 1. The van der Waals surface area contributed by atoms with Crippen LogP contribution in [-0.2, 0) is 6.54 Å². The van der Waals surface area contributed by atoms with Gasteiger partial charge in [0, 0.05) is 6.07 Å². The van der Waals surface area contributed by atoms with Crippen LogP contribution in [0.4, 0.5) is 0 Å². The molecule has 4 rings (SSSR count). The van der Waals surface area contributed by atoms with Crippen molar-refractivity contribution in [2.75, 3.05) is 7.11 Å². The molecule has 126 valence electrons. The molecule has 3 aromatic heterocycles. The van der Waals surface area contributed by atoms with Crippen LogP contribution >= 0.6 is 0 Å². The van der Waals surface area contributed by atoms with Crippen molar-refractivity contribution in [3.63, 3.8) is 0 Å². The van der Waals surface area contributed by atoms with E-state index in [9.17, 15) is 9.59 Å². The van der Waals surface area contributed by atoms with Gasteiger partial charge in [0.25, 0.3) is 5.56 Å². The zero-order chi connectivity index (χ0) is 17.4. The van der Waals surface area contributed by atoms with Gasteiger partial charge in [0.05, 0.1) is 36.3 Å². The highest BCUT2D eigenvalue weighted by Crippen LogP contribution is 2.32. The van der Waals surface area contributed by atoms with E-state index in [4.69, 9.17) is 9.15 Å². The fraction of sp³-hybridized carbons (Fsp3) is 0.143. The first-order valence-corrected chi connectivity index (χ1v) is 7.13. The summed E-state index contributed by atoms with van der Waals surface area (Å²) in [6.45, 7) is -0.107. The molecule has 0 spiro atoms. The summed E-state index contributed by atoms with van der Waals surface area (Å²) in [6.07, 6.45) is 2.79. The average Bonchev–Trinajstić information content (AvgIpc) is 3.31. The number of aromatic nitrogens is 7. The third kappa shape index (κ3) is 2.47. The Bertz CT molecular complexity index is 1140. The Labute approximate surface area is 138 Å². The molecule has 0 fully saturated rings. The Balaban J connectivity index is 1.96. The molecule has 0 saturated heterocycles. The lowest BCUT2D eigenvalue weighted by Gasteiger charge is -2.09. The lowest BCUT2D eigenvalue weighted by atomic mass is 10.1. The van der Waals surface area contributed by atoms with Crippen LogP contribution < -0.4 is 16.0 Å². The molecule has 2 N–H and O–H groups in total. The molecular weight excluding hydrogens is 330 g/mol. The van der Waals surface area contributed by atoms with Crippen molar-refractivity contribution in [3.05, 3.63) is 51.4 Å². The molecule has 11 nitrogen and oxygen atoms in total. The summed E-state index contributed by atoms with van der Waals surface area (Å²) in [5.41, 5.74) is -0.189. The summed E-state index contributed by atoms with van der Waals surface area (Å²) in [5, 5.41) is 13.5. The van der Waals surface area contributed by atoms with Crippen molar-refractivity contribution in [3.8, 4) is 17.1 Å². The molecule has 4 aromatic rings. The second-order valence-electron chi connectivity index (χ2n) is 5.11. The zero-order valence-electron chi connectivity index (χ0n) is 12.9. The topological polar surface area (TPSA) is 145 Å². The van der Waals surface area contributed by atoms with Crippen LogP contribution in [-0.4, -0.2) is 42.3 Å². The standard InChI is InChI=1S/C14H11N7O4/c1-24-10-3-9-7(2-8(10)11-4-15-6-25-11)13(22)21(14(23)16-9)5-12-17-19-20-18-12/h2-4,6H,5H2,1H3,(H,16,23)(H,17,18,19,20). The van der Waals surface area contributed by atoms with Crippen LogP contribution in [0.15, 0.2) is 38.7 Å². The van der Waals surface area contributed by atoms with E-state index < -0.39 is 11.2 Å². The highest BCUT2D eigenvalue weighted by molar-refractivity contribution is 5.86. The first-order valence-electron chi connectivity index (χ1n) is 7.13. The van der Waals surface area contributed by atoms with Gasteiger partial charge >= 0.3 is 5.69 Å². The van der Waals surface area contributed by atoms with Crippen LogP contribution in [0.2, 0.25) is 0 Å². The number of nitrogens with zero attached hydrogens (tertiary/aromatic N) is 5. The Morgan fingerprint density at radius 3 is 2.88 bits per heavy atom. The summed E-state index contributed by atoms with van der Waals surface area (Å²) < 4.78 is 11.6. The predicted octanol–water partition coefficient (Wildman–Crippen LogP) is -0.0852. The monoisotopic (exact) mass is 341 g/mol. The van der Waals surface area contributed by atoms with Crippen molar-refractivity contribution in [2.45, 2.75) is 6.54 Å². The molecule has 0 bridgehead atoms. The molecule has 11 heteroatoms. The molecule has 0 saturated carbocycles. The van der Waals surface area contributed by atoms with E-state index >= 15 is 0 Å². The number of hydrogen-bond donors (Lipinski definition) is 2. The minimum absolute atomic E-state index is 0.107. The van der Waals surface area contributed by atoms with Crippen molar-refractivity contribution >= 4 is 10.9 Å². The van der Waals surface area contributed by atoms with Gasteiger partial charge in [-0.15, -0.1) is 10.2 Å². The lowest BCUT2D eigenvalue weighted by molar-refractivity contribution is 0.415. The number of methoxy groups -OCH3 is 1. The van der Waals surface area contributed by atoms with Gasteiger partial charge in [-0.05, 0) is 6.07 Å². The fourth-order valence-electron chi connectivity index (χ4n) is 2.53. The summed E-state index contributed by atoms with van der Waals surface area (Å²) in [5.74, 6) is 1.10. The highest BCUT2D eigenvalue weighted by Gasteiger charge is 2.16. The third-order valence-corrected chi connectivity index (χ3v) is 3.69. The van der Waals surface area contributed by atoms with Gasteiger partial charge in [-0.2, -0.15) is 5.21 Å². The minimum Gasteiger partial charge on any atom is -0.496 e. The maximum Gasteiger partial charge on any atom is 0.329 e. The van der Waals surface area contributed by atoms with E-state index in [1.807, 2.05) is 0 Å². The van der Waals surface area contributed by atoms with Crippen molar-refractivity contribution in [1.29, 1.82) is 0 Å². The Morgan fingerprint density at radius 1 is 1.32 bits per heavy atom. The first-order chi connectivity index (χ1) is 12.2. The molecule has 25 heavy (non-hydrogen) atoms. The molecule has 0 radical (unpaired) electrons. The summed E-state index contributed by atoms with van der Waals surface area (Å²) in [7, 11) is 1.48. The number of fused-ring (bicyclic) bond motifs is 1. The number of rotatable bonds is 4. The first kappa shape index (κ1) is 14.8. The van der Waals surface area contributed by atoms with Crippen LogP contribution in [0.1, 0.15) is 5.82 Å². The van der Waals surface area contributed by atoms with Gasteiger partial charge in [-0.25, -0.2) is 9.78 Å². The van der Waals surface area contributed by atoms with Crippen molar-refractivity contribution in [2.24, 2.45) is 0 Å². The fourth-order valence-corrected chi connectivity index (χ4v) is 2.53. The van der Waals surface area contributed by atoms with Gasteiger partial charge in [0.1, 0.15) is 5.75 Å². The van der Waals surface area contributed by atoms with Gasteiger partial charge in [0.2, 0.25) is 0 Å². The average molecular weight is 341 g/mol. The second kappa shape index (κ2) is 5.70. The normalized spacial score (nSPS) is 11.1. The van der Waals surface area contributed by atoms with E-state index in [0.717, 1.165) is 4.57 Å². The maximum atomic E-state index is 12.8. The van der Waals surface area contributed by atoms with Gasteiger partial charge < -0.3 is 14.1 Å². The number of ether oxygens (including phenoxy) is 1. The Hall–Kier alpha value is -3.76. The number of benzene rings is 1. The molecule has 3 heterocycles. The molecule has 0 aliphatic heterocycles. The van der Waals surface area contributed by atoms with Crippen LogP contribution in [0.25, 0.3) is 22.2 Å². The Kier molecular flexibility index (Phi) is 3.38. The van der Waals surface area contributed by atoms with Gasteiger partial charge in [-0.1, -0.05) is 5.21 Å². The van der Waals surface area contributed by atoms with E-state index in [2.05, 4.69) is 30.6 Å². The van der Waals surface area contributed by atoms with Gasteiger partial charge in [-0.3, -0.25) is 9.36 Å². The smallest absolute Gasteiger partial charge is 0.329 e. The van der Waals surface area contributed by atoms with Crippen molar-refractivity contribution in [1.82, 2.24) is 35.2 Å². The molecular formula is C14H11N7O4. The number of tetrazole rings is 1. The zero-order valence-corrected chi connectivity index (χ0v) is 12.9. The Morgan fingerprint density at radius 2 is 2.20 bits per heavy atom. The molecule has 0 unspecified atom stereocenters. The summed E-state index contributed by atoms with van der Waals surface area (Å²) in [6, 6.07) is 3.15. The molecule has 0 aliphatic carbocycles. The molecule has 0 atom stereocenters. The number of nitrogens with one attached hydrogen (secondary N) is 2. The van der Waals surface area contributed by atoms with E-state index in [1.54, 1.807) is 12.1 Å². The maximum absolute atomic E-state index is 12.8. The minimum atomic E-state index is -0.586. The van der Waals surface area contributed by atoms with Crippen LogP contribution in [0, 0.1) is 0 Å². The summed E-state index contributed by atoms with van der Waals surface area (Å²) >= 11 is 0. The molecule has 1 aromatic carbocycles. The second-order valence-corrected chi connectivity index (χ2v) is 5.11. The number of hydrogen-bond acceptors (Lipinski definition) is 8. The van der Waals surface area contributed by atoms with E-state index in [-0.39, 0.29) is 17.8 Å². The van der Waals surface area contributed by atoms with E-state index in [1.165, 1.54) is 19.7 Å². The van der Waals surface area contributed by atoms with Gasteiger partial charge in [0.15, 0.2) is 18.0 Å². The number of aromatic amines is 2.